The van der Waals surface area contributed by atoms with E-state index in [1.54, 1.807) is 0 Å². The number of guanidine groups is 2. The highest BCUT2D eigenvalue weighted by molar-refractivity contribution is 5.94. The molecule has 0 aliphatic heterocycles. The van der Waals surface area contributed by atoms with E-state index in [0.717, 1.165) is 12.8 Å². The summed E-state index contributed by atoms with van der Waals surface area (Å²) < 4.78 is 0. The van der Waals surface area contributed by atoms with Crippen molar-refractivity contribution >= 4 is 24.3 Å². The maximum Gasteiger partial charge on any atom is 0.195 e. The minimum Gasteiger partial charge on any atom is -0.370 e. The van der Waals surface area contributed by atoms with E-state index in [-0.39, 0.29) is 30.4 Å². The standard InChI is InChI=1S/C7H17N5.ClH/c1-3-5(4-2)12(6(8)9)7(10)11;/h5H,3-4H2,1-2H3,(H3,8,9)(H3,10,11);1H. The fraction of sp³-hybridized carbons (Fsp3) is 0.714. The van der Waals surface area contributed by atoms with E-state index < -0.39 is 0 Å². The molecule has 0 aromatic rings. The molecule has 0 radical (unpaired) electrons. The lowest BCUT2D eigenvalue weighted by molar-refractivity contribution is 0.398. The first kappa shape index (κ1) is 14.5. The normalized spacial score (nSPS) is 9.15. The van der Waals surface area contributed by atoms with Crippen molar-refractivity contribution in [2.75, 3.05) is 0 Å². The van der Waals surface area contributed by atoms with E-state index in [0.29, 0.717) is 0 Å². The second kappa shape index (κ2) is 6.54. The molecule has 13 heavy (non-hydrogen) atoms. The van der Waals surface area contributed by atoms with Crippen LogP contribution < -0.4 is 11.5 Å². The fourth-order valence-corrected chi connectivity index (χ4v) is 1.18. The predicted molar refractivity (Wildman–Crippen MR) is 57.3 cm³/mol. The third kappa shape index (κ3) is 3.98. The number of hydrogen-bond donors (Lipinski definition) is 4. The lowest BCUT2D eigenvalue weighted by atomic mass is 10.1. The van der Waals surface area contributed by atoms with E-state index in [2.05, 4.69) is 0 Å². The van der Waals surface area contributed by atoms with Crippen LogP contribution in [-0.4, -0.2) is 22.9 Å². The summed E-state index contributed by atoms with van der Waals surface area (Å²) in [6, 6.07) is 0.0694. The van der Waals surface area contributed by atoms with Gasteiger partial charge in [0.25, 0.3) is 0 Å². The number of nitrogens with one attached hydrogen (secondary N) is 2. The summed E-state index contributed by atoms with van der Waals surface area (Å²) in [5.41, 5.74) is 10.6. The zero-order chi connectivity index (χ0) is 9.72. The minimum atomic E-state index is -0.156. The van der Waals surface area contributed by atoms with Crippen LogP contribution in [0.4, 0.5) is 0 Å². The van der Waals surface area contributed by atoms with E-state index in [9.17, 15) is 0 Å². The molecule has 0 fully saturated rings. The summed E-state index contributed by atoms with van der Waals surface area (Å²) in [7, 11) is 0. The summed E-state index contributed by atoms with van der Waals surface area (Å²) in [5, 5.41) is 14.4. The molecule has 0 amide bonds. The lowest BCUT2D eigenvalue weighted by Crippen LogP contribution is -2.50. The fourth-order valence-electron chi connectivity index (χ4n) is 1.18. The first-order valence-corrected chi connectivity index (χ1v) is 4.01. The van der Waals surface area contributed by atoms with Crippen LogP contribution in [0.15, 0.2) is 0 Å². The second-order valence-corrected chi connectivity index (χ2v) is 2.61. The highest BCUT2D eigenvalue weighted by atomic mass is 35.5. The highest BCUT2D eigenvalue weighted by Crippen LogP contribution is 2.06. The molecule has 5 nitrogen and oxygen atoms in total. The van der Waals surface area contributed by atoms with E-state index in [1.165, 1.54) is 4.90 Å². The van der Waals surface area contributed by atoms with Crippen LogP contribution >= 0.6 is 12.4 Å². The molecule has 0 aliphatic carbocycles. The molecular weight excluding hydrogens is 190 g/mol. The van der Waals surface area contributed by atoms with Gasteiger partial charge in [-0.2, -0.15) is 0 Å². The summed E-state index contributed by atoms with van der Waals surface area (Å²) in [6.07, 6.45) is 1.66. The molecule has 0 unspecified atom stereocenters. The van der Waals surface area contributed by atoms with E-state index in [1.807, 2.05) is 13.8 Å². The van der Waals surface area contributed by atoms with Crippen LogP contribution in [0.2, 0.25) is 0 Å². The predicted octanol–water partition coefficient (Wildman–Crippen LogP) is 0.686. The molecule has 0 rings (SSSR count). The van der Waals surface area contributed by atoms with Gasteiger partial charge in [0.05, 0.1) is 0 Å². The van der Waals surface area contributed by atoms with Crippen molar-refractivity contribution in [1.29, 1.82) is 10.8 Å². The summed E-state index contributed by atoms with van der Waals surface area (Å²) in [4.78, 5) is 1.33. The van der Waals surface area contributed by atoms with Crippen molar-refractivity contribution in [3.63, 3.8) is 0 Å². The number of hydrogen-bond acceptors (Lipinski definition) is 2. The summed E-state index contributed by atoms with van der Waals surface area (Å²) in [5.74, 6) is -0.313. The van der Waals surface area contributed by atoms with Crippen molar-refractivity contribution in [3.05, 3.63) is 0 Å². The third-order valence-electron chi connectivity index (χ3n) is 1.83. The zero-order valence-corrected chi connectivity index (χ0v) is 8.82. The lowest BCUT2D eigenvalue weighted by Gasteiger charge is -2.28. The Morgan fingerprint density at radius 2 is 1.46 bits per heavy atom. The van der Waals surface area contributed by atoms with Crippen molar-refractivity contribution in [3.8, 4) is 0 Å². The van der Waals surface area contributed by atoms with Crippen molar-refractivity contribution in [2.24, 2.45) is 11.5 Å². The zero-order valence-electron chi connectivity index (χ0n) is 8.00. The Morgan fingerprint density at radius 1 is 1.15 bits per heavy atom. The largest absolute Gasteiger partial charge is 0.370 e. The Kier molecular flexibility index (Phi) is 7.31. The Bertz CT molecular complexity index is 164. The van der Waals surface area contributed by atoms with Gasteiger partial charge in [-0.05, 0) is 12.8 Å². The highest BCUT2D eigenvalue weighted by Gasteiger charge is 2.18. The average molecular weight is 208 g/mol. The van der Waals surface area contributed by atoms with Crippen LogP contribution in [0, 0.1) is 10.8 Å². The Labute approximate surface area is 84.9 Å². The Hall–Kier alpha value is -0.970. The van der Waals surface area contributed by atoms with E-state index >= 15 is 0 Å². The first-order chi connectivity index (χ1) is 5.54. The molecular formula is C7H18ClN5. The minimum absolute atomic E-state index is 0. The van der Waals surface area contributed by atoms with Crippen LogP contribution in [0.3, 0.4) is 0 Å². The average Bonchev–Trinajstić information content (AvgIpc) is 1.98. The maximum absolute atomic E-state index is 7.20. The molecule has 6 heteroatoms. The molecule has 0 aromatic heterocycles. The van der Waals surface area contributed by atoms with Gasteiger partial charge >= 0.3 is 0 Å². The monoisotopic (exact) mass is 207 g/mol. The SMILES string of the molecule is CCC(CC)N(C(=N)N)C(=N)N.Cl. The maximum atomic E-state index is 7.20. The Balaban J connectivity index is 0. The van der Waals surface area contributed by atoms with Gasteiger partial charge in [-0.15, -0.1) is 12.4 Å². The molecule has 0 aliphatic rings. The van der Waals surface area contributed by atoms with Gasteiger partial charge < -0.3 is 11.5 Å². The Morgan fingerprint density at radius 3 is 1.54 bits per heavy atom. The number of nitrogens with zero attached hydrogens (tertiary/aromatic N) is 1. The van der Waals surface area contributed by atoms with Crippen LogP contribution in [-0.2, 0) is 0 Å². The first-order valence-electron chi connectivity index (χ1n) is 4.01. The molecule has 0 aromatic carbocycles. The smallest absolute Gasteiger partial charge is 0.195 e. The van der Waals surface area contributed by atoms with E-state index in [4.69, 9.17) is 22.3 Å². The molecule has 0 saturated carbocycles. The van der Waals surface area contributed by atoms with Crippen molar-refractivity contribution in [2.45, 2.75) is 32.7 Å². The van der Waals surface area contributed by atoms with Gasteiger partial charge in [0.15, 0.2) is 11.9 Å². The van der Waals surface area contributed by atoms with Gasteiger partial charge in [-0.1, -0.05) is 13.8 Å². The third-order valence-corrected chi connectivity index (χ3v) is 1.83. The second-order valence-electron chi connectivity index (χ2n) is 2.61. The molecule has 0 atom stereocenters. The quantitative estimate of drug-likeness (QED) is 0.404. The van der Waals surface area contributed by atoms with Gasteiger partial charge in [0.2, 0.25) is 0 Å². The van der Waals surface area contributed by atoms with Crippen LogP contribution in [0.5, 0.6) is 0 Å². The van der Waals surface area contributed by atoms with Crippen LogP contribution in [0.1, 0.15) is 26.7 Å². The number of nitrogens with two attached hydrogens (primary N) is 2. The topological polar surface area (TPSA) is 103 Å². The van der Waals surface area contributed by atoms with Gasteiger partial charge in [-0.25, -0.2) is 0 Å². The molecule has 0 bridgehead atoms. The van der Waals surface area contributed by atoms with Crippen molar-refractivity contribution in [1.82, 2.24) is 4.90 Å². The summed E-state index contributed by atoms with van der Waals surface area (Å²) in [6.45, 7) is 3.96. The molecule has 0 heterocycles. The van der Waals surface area contributed by atoms with Gasteiger partial charge in [-0.3, -0.25) is 15.7 Å². The van der Waals surface area contributed by atoms with Gasteiger partial charge in [0.1, 0.15) is 0 Å². The number of rotatable bonds is 3. The molecule has 0 saturated heterocycles. The number of halogens is 1. The van der Waals surface area contributed by atoms with Gasteiger partial charge in [0, 0.05) is 6.04 Å². The van der Waals surface area contributed by atoms with Crippen molar-refractivity contribution < 1.29 is 0 Å². The molecule has 6 N–H and O–H groups in total. The molecule has 0 spiro atoms. The molecule has 78 valence electrons. The van der Waals surface area contributed by atoms with Crippen LogP contribution in [0.25, 0.3) is 0 Å². The summed E-state index contributed by atoms with van der Waals surface area (Å²) >= 11 is 0.